The van der Waals surface area contributed by atoms with Crippen LogP contribution in [0.3, 0.4) is 0 Å². The molecule has 0 radical (unpaired) electrons. The summed E-state index contributed by atoms with van der Waals surface area (Å²) in [5.74, 6) is 0.0779. The maximum atomic E-state index is 11.0. The molecule has 98 valence electrons. The van der Waals surface area contributed by atoms with Crippen LogP contribution in [0.5, 0.6) is 0 Å². The van der Waals surface area contributed by atoms with E-state index in [4.69, 9.17) is 0 Å². The Labute approximate surface area is 109 Å². The van der Waals surface area contributed by atoms with Crippen LogP contribution in [0.15, 0.2) is 24.3 Å². The van der Waals surface area contributed by atoms with Crippen molar-refractivity contribution in [2.75, 3.05) is 0 Å². The summed E-state index contributed by atoms with van der Waals surface area (Å²) in [6, 6.07) is 8.48. The molecule has 0 saturated heterocycles. The molecule has 0 fully saturated rings. The predicted molar refractivity (Wildman–Crippen MR) is 74.5 cm³/mol. The fraction of sp³-hybridized carbons (Fsp3) is 0.500. The third kappa shape index (κ3) is 5.26. The molecule has 2 aliphatic carbocycles. The molecule has 0 saturated carbocycles. The Bertz CT molecular complexity index is 369. The Morgan fingerprint density at radius 3 is 1.83 bits per heavy atom. The third-order valence-corrected chi connectivity index (χ3v) is 2.97. The second-order valence-corrected chi connectivity index (χ2v) is 4.81. The van der Waals surface area contributed by atoms with Crippen molar-refractivity contribution in [3.05, 3.63) is 24.3 Å². The highest BCUT2D eigenvalue weighted by atomic mass is 16.1. The monoisotopic (exact) mass is 246 g/mol. The number of rotatable bonds is 7. The van der Waals surface area contributed by atoms with Crippen LogP contribution in [0.25, 0.3) is 11.1 Å². The van der Waals surface area contributed by atoms with Gasteiger partial charge in [0.1, 0.15) is 11.6 Å². The van der Waals surface area contributed by atoms with Gasteiger partial charge >= 0.3 is 0 Å². The molecule has 0 atom stereocenters. The van der Waals surface area contributed by atoms with Crippen LogP contribution in [0.1, 0.15) is 52.4 Å². The minimum absolute atomic E-state index is 0.0181. The largest absolute Gasteiger partial charge is 0.300 e. The second-order valence-electron chi connectivity index (χ2n) is 4.81. The fourth-order valence-corrected chi connectivity index (χ4v) is 1.78. The number of benzene rings is 1. The molecule has 2 rings (SSSR count). The molecule has 0 aliphatic heterocycles. The van der Waals surface area contributed by atoms with Crippen molar-refractivity contribution in [2.45, 2.75) is 52.4 Å². The molecule has 0 heterocycles. The van der Waals surface area contributed by atoms with E-state index in [1.165, 1.54) is 30.9 Å². The highest BCUT2D eigenvalue weighted by molar-refractivity contribution is 5.97. The summed E-state index contributed by atoms with van der Waals surface area (Å²) in [7, 11) is 0. The quantitative estimate of drug-likeness (QED) is 0.542. The average Bonchev–Trinajstić information content (AvgIpc) is 2.29. The Hall–Kier alpha value is -1.44. The molecule has 0 amide bonds. The number of carbonyl (C=O) groups excluding carboxylic acids is 2. The van der Waals surface area contributed by atoms with Crippen LogP contribution in [-0.4, -0.2) is 11.6 Å². The van der Waals surface area contributed by atoms with E-state index in [2.05, 4.69) is 31.2 Å². The number of hydrogen-bond donors (Lipinski definition) is 0. The van der Waals surface area contributed by atoms with Gasteiger partial charge in [0.2, 0.25) is 0 Å². The number of Topliss-reactive ketones (excluding diaryl/α,β-unsaturated/α-hetero) is 2. The summed E-state index contributed by atoms with van der Waals surface area (Å²) in [6.45, 7) is 3.60. The van der Waals surface area contributed by atoms with Crippen LogP contribution >= 0.6 is 0 Å². The normalized spacial score (nSPS) is 10.3. The molecule has 2 aliphatic rings. The summed E-state index contributed by atoms with van der Waals surface area (Å²) >= 11 is 0. The molecule has 0 bridgehead atoms. The fourth-order valence-electron chi connectivity index (χ4n) is 1.78. The van der Waals surface area contributed by atoms with Gasteiger partial charge in [0.15, 0.2) is 0 Å². The Morgan fingerprint density at radius 1 is 0.944 bits per heavy atom. The molecular formula is C16H22O2. The van der Waals surface area contributed by atoms with Gasteiger partial charge in [-0.15, -0.1) is 0 Å². The summed E-state index contributed by atoms with van der Waals surface area (Å²) in [4.78, 5) is 21.5. The maximum Gasteiger partial charge on any atom is 0.140 e. The predicted octanol–water partition coefficient (Wildman–Crippen LogP) is 4.17. The van der Waals surface area contributed by atoms with Crippen molar-refractivity contribution in [1.82, 2.24) is 0 Å². The molecule has 0 N–H and O–H groups in total. The van der Waals surface area contributed by atoms with Crippen molar-refractivity contribution in [1.29, 1.82) is 0 Å². The smallest absolute Gasteiger partial charge is 0.140 e. The van der Waals surface area contributed by atoms with Crippen LogP contribution in [0.4, 0.5) is 0 Å². The van der Waals surface area contributed by atoms with Crippen LogP contribution < -0.4 is 0 Å². The second kappa shape index (κ2) is 7.80. The number of unbranched alkanes of at least 4 members (excludes halogenated alkanes) is 3. The SMILES string of the molecule is CCCCCCC(=O)CC(C)=O.c1cc2ccc1-2. The molecule has 2 heteroatoms. The number of fused-ring (bicyclic) bond motifs is 1. The number of carbonyl (C=O) groups is 2. The molecule has 0 aromatic rings. The standard InChI is InChI=1S/C10H18O2.C6H4/c1-3-4-5-6-7-10(12)8-9(2)11;1-2-6-4-3-5(1)6/h3-8H2,1-2H3;1-4H. The van der Waals surface area contributed by atoms with E-state index in [0.29, 0.717) is 6.42 Å². The van der Waals surface area contributed by atoms with Crippen LogP contribution in [0, 0.1) is 0 Å². The zero-order valence-electron chi connectivity index (χ0n) is 11.4. The zero-order valence-corrected chi connectivity index (χ0v) is 11.4. The zero-order chi connectivity index (χ0) is 13.4. The number of hydrogen-bond acceptors (Lipinski definition) is 2. The van der Waals surface area contributed by atoms with E-state index in [1.54, 1.807) is 0 Å². The summed E-state index contributed by atoms with van der Waals surface area (Å²) < 4.78 is 0. The minimum atomic E-state index is -0.0181. The lowest BCUT2D eigenvalue weighted by molar-refractivity contribution is -0.125. The third-order valence-electron chi connectivity index (χ3n) is 2.97. The summed E-state index contributed by atoms with van der Waals surface area (Å²) in [5, 5.41) is 0. The van der Waals surface area contributed by atoms with Gasteiger partial charge in [-0.25, -0.2) is 0 Å². The van der Waals surface area contributed by atoms with Crippen molar-refractivity contribution in [3.63, 3.8) is 0 Å². The van der Waals surface area contributed by atoms with Gasteiger partial charge in [0.25, 0.3) is 0 Å². The van der Waals surface area contributed by atoms with Crippen molar-refractivity contribution < 1.29 is 9.59 Å². The van der Waals surface area contributed by atoms with E-state index in [9.17, 15) is 9.59 Å². The van der Waals surface area contributed by atoms with Crippen LogP contribution in [0.2, 0.25) is 0 Å². The lowest BCUT2D eigenvalue weighted by Crippen LogP contribution is -2.03. The van der Waals surface area contributed by atoms with Gasteiger partial charge in [-0.3, -0.25) is 9.59 Å². The minimum Gasteiger partial charge on any atom is -0.300 e. The van der Waals surface area contributed by atoms with Crippen LogP contribution in [-0.2, 0) is 9.59 Å². The van der Waals surface area contributed by atoms with Gasteiger partial charge in [0, 0.05) is 6.42 Å². The molecule has 2 nitrogen and oxygen atoms in total. The van der Waals surface area contributed by atoms with E-state index >= 15 is 0 Å². The summed E-state index contributed by atoms with van der Waals surface area (Å²) in [6.07, 6.45) is 5.14. The van der Waals surface area contributed by atoms with Gasteiger partial charge in [-0.05, 0) is 24.5 Å². The number of ketones is 2. The Morgan fingerprint density at radius 2 is 1.50 bits per heavy atom. The first-order valence-corrected chi connectivity index (χ1v) is 6.75. The lowest BCUT2D eigenvalue weighted by Gasteiger charge is -2.10. The van der Waals surface area contributed by atoms with Crippen molar-refractivity contribution in [2.24, 2.45) is 0 Å². The molecule has 0 aromatic carbocycles. The van der Waals surface area contributed by atoms with E-state index < -0.39 is 0 Å². The maximum absolute atomic E-state index is 11.0. The average molecular weight is 246 g/mol. The summed E-state index contributed by atoms with van der Waals surface area (Å²) in [5.41, 5.74) is 2.85. The van der Waals surface area contributed by atoms with E-state index in [0.717, 1.165) is 12.8 Å². The highest BCUT2D eigenvalue weighted by Gasteiger charge is 2.04. The van der Waals surface area contributed by atoms with Crippen molar-refractivity contribution in [3.8, 4) is 11.1 Å². The van der Waals surface area contributed by atoms with Gasteiger partial charge in [-0.1, -0.05) is 50.5 Å². The molecular weight excluding hydrogens is 224 g/mol. The molecule has 18 heavy (non-hydrogen) atoms. The molecule has 0 aromatic heterocycles. The van der Waals surface area contributed by atoms with Crippen molar-refractivity contribution >= 4 is 11.6 Å². The highest BCUT2D eigenvalue weighted by Crippen LogP contribution is 2.29. The Balaban J connectivity index is 0.000000217. The van der Waals surface area contributed by atoms with Gasteiger partial charge < -0.3 is 0 Å². The van der Waals surface area contributed by atoms with E-state index in [1.807, 2.05) is 0 Å². The lowest BCUT2D eigenvalue weighted by atomic mass is 9.95. The topological polar surface area (TPSA) is 34.1 Å². The first-order valence-electron chi connectivity index (χ1n) is 6.75. The molecule has 0 unspecified atom stereocenters. The molecule has 0 spiro atoms. The van der Waals surface area contributed by atoms with Gasteiger partial charge in [-0.2, -0.15) is 0 Å². The Kier molecular flexibility index (Phi) is 6.34. The first kappa shape index (κ1) is 14.6. The van der Waals surface area contributed by atoms with E-state index in [-0.39, 0.29) is 18.0 Å². The van der Waals surface area contributed by atoms with Gasteiger partial charge in [0.05, 0.1) is 6.42 Å². The first-order chi connectivity index (χ1) is 8.63.